The molecule has 3 rings (SSSR count). The second kappa shape index (κ2) is 4.52. The number of hydrogen-bond acceptors (Lipinski definition) is 1. The van der Waals surface area contributed by atoms with Crippen LogP contribution in [0.5, 0.6) is 0 Å². The van der Waals surface area contributed by atoms with Crippen molar-refractivity contribution in [3.8, 4) is 0 Å². The van der Waals surface area contributed by atoms with Crippen molar-refractivity contribution in [1.82, 2.24) is 0 Å². The van der Waals surface area contributed by atoms with Crippen LogP contribution < -0.4 is 0 Å². The van der Waals surface area contributed by atoms with Crippen LogP contribution in [0.2, 0.25) is 0 Å². The summed E-state index contributed by atoms with van der Waals surface area (Å²) in [6.07, 6.45) is 8.88. The van der Waals surface area contributed by atoms with Crippen LogP contribution in [-0.2, 0) is 10.2 Å². The van der Waals surface area contributed by atoms with Gasteiger partial charge in [-0.05, 0) is 18.4 Å². The quantitative estimate of drug-likeness (QED) is 0.727. The highest BCUT2D eigenvalue weighted by Gasteiger charge is 2.45. The van der Waals surface area contributed by atoms with E-state index in [1.165, 1.54) is 0 Å². The molecular formula is C16H17NO. The Morgan fingerprint density at radius 1 is 1.06 bits per heavy atom. The number of rotatable bonds is 2. The zero-order valence-corrected chi connectivity index (χ0v) is 10.4. The van der Waals surface area contributed by atoms with E-state index < -0.39 is 0 Å². The van der Waals surface area contributed by atoms with Crippen molar-refractivity contribution in [1.29, 1.82) is 0 Å². The Hall–Kier alpha value is -1.70. The van der Waals surface area contributed by atoms with Gasteiger partial charge in [0.15, 0.2) is 0 Å². The molecule has 1 fully saturated rings. The Kier molecular flexibility index (Phi) is 2.86. The normalized spacial score (nSPS) is 20.6. The van der Waals surface area contributed by atoms with Gasteiger partial charge in [-0.25, -0.2) is 4.99 Å². The van der Waals surface area contributed by atoms with Crippen molar-refractivity contribution in [2.24, 2.45) is 4.99 Å². The number of carbonyl (C=O) groups excluding carboxylic acids is 1. The summed E-state index contributed by atoms with van der Waals surface area (Å²) in [4.78, 5) is 16.9. The van der Waals surface area contributed by atoms with Crippen molar-refractivity contribution in [3.05, 3.63) is 48.0 Å². The molecule has 0 saturated heterocycles. The second-order valence-electron chi connectivity index (χ2n) is 5.16. The predicted octanol–water partition coefficient (Wildman–Crippen LogP) is 3.43. The summed E-state index contributed by atoms with van der Waals surface area (Å²) < 4.78 is 0. The van der Waals surface area contributed by atoms with Gasteiger partial charge in [0.05, 0.1) is 5.41 Å². The largest absolute Gasteiger partial charge is 0.272 e. The number of nitrogens with zero attached hydrogens (tertiary/aromatic N) is 1. The highest BCUT2D eigenvalue weighted by molar-refractivity contribution is 6.02. The smallest absolute Gasteiger partial charge is 0.256 e. The van der Waals surface area contributed by atoms with Crippen LogP contribution in [0.1, 0.15) is 37.7 Å². The molecule has 2 aliphatic carbocycles. The number of carbonyl (C=O) groups is 1. The van der Waals surface area contributed by atoms with E-state index >= 15 is 0 Å². The van der Waals surface area contributed by atoms with Crippen LogP contribution in [0.4, 0.5) is 0 Å². The first-order valence-electron chi connectivity index (χ1n) is 6.63. The predicted molar refractivity (Wildman–Crippen MR) is 72.8 cm³/mol. The molecule has 0 heterocycles. The first-order chi connectivity index (χ1) is 8.81. The van der Waals surface area contributed by atoms with Crippen molar-refractivity contribution >= 4 is 11.6 Å². The number of benzene rings is 1. The molecule has 2 aliphatic rings. The molecule has 1 saturated carbocycles. The molecule has 92 valence electrons. The zero-order chi connectivity index (χ0) is 12.4. The molecule has 0 atom stereocenters. The lowest BCUT2D eigenvalue weighted by molar-refractivity contribution is -0.126. The summed E-state index contributed by atoms with van der Waals surface area (Å²) in [5, 5.41) is 0. The lowest BCUT2D eigenvalue weighted by Gasteiger charge is -2.39. The highest BCUT2D eigenvalue weighted by atomic mass is 16.1. The van der Waals surface area contributed by atoms with E-state index in [0.717, 1.165) is 43.4 Å². The van der Waals surface area contributed by atoms with E-state index in [2.05, 4.69) is 29.3 Å². The highest BCUT2D eigenvalue weighted by Crippen LogP contribution is 2.44. The third-order valence-corrected chi connectivity index (χ3v) is 4.08. The zero-order valence-electron chi connectivity index (χ0n) is 10.4. The van der Waals surface area contributed by atoms with E-state index in [1.54, 1.807) is 0 Å². The Bertz CT molecular complexity index is 499. The van der Waals surface area contributed by atoms with Crippen molar-refractivity contribution < 1.29 is 4.79 Å². The molecule has 0 bridgehead atoms. The molecule has 2 heteroatoms. The summed E-state index contributed by atoms with van der Waals surface area (Å²) in [7, 11) is 0. The van der Waals surface area contributed by atoms with Crippen LogP contribution in [0.25, 0.3) is 0 Å². The first kappa shape index (κ1) is 11.4. The van der Waals surface area contributed by atoms with Gasteiger partial charge in [0.1, 0.15) is 0 Å². The topological polar surface area (TPSA) is 29.4 Å². The van der Waals surface area contributed by atoms with Gasteiger partial charge in [-0.1, -0.05) is 48.9 Å². The molecule has 0 unspecified atom stereocenters. The summed E-state index contributed by atoms with van der Waals surface area (Å²) in [6.45, 7) is 0. The van der Waals surface area contributed by atoms with E-state index in [9.17, 15) is 4.79 Å². The van der Waals surface area contributed by atoms with Crippen LogP contribution in [0.15, 0.2) is 47.5 Å². The van der Waals surface area contributed by atoms with E-state index in [4.69, 9.17) is 0 Å². The summed E-state index contributed by atoms with van der Waals surface area (Å²) in [6, 6.07) is 10.1. The van der Waals surface area contributed by atoms with Crippen LogP contribution >= 0.6 is 0 Å². The van der Waals surface area contributed by atoms with Crippen LogP contribution in [0, 0.1) is 0 Å². The molecule has 1 aromatic carbocycles. The van der Waals surface area contributed by atoms with Crippen molar-refractivity contribution in [2.45, 2.75) is 37.5 Å². The Morgan fingerprint density at radius 3 is 2.28 bits per heavy atom. The summed E-state index contributed by atoms with van der Waals surface area (Å²) >= 11 is 0. The second-order valence-corrected chi connectivity index (χ2v) is 5.16. The number of allylic oxidation sites excluding steroid dienone is 2. The van der Waals surface area contributed by atoms with Crippen molar-refractivity contribution in [2.75, 3.05) is 0 Å². The monoisotopic (exact) mass is 239 g/mol. The standard InChI is InChI=1S/C16H17NO/c18-15(17-14-9-4-5-10-14)16(11-6-12-16)13-7-2-1-3-8-13/h1-5,7-8H,6,9-12H2. The van der Waals surface area contributed by atoms with Gasteiger partial charge in [-0.3, -0.25) is 4.79 Å². The Balaban J connectivity index is 1.88. The SMILES string of the molecule is O=C(N=C1CC=CC1)C1(c2ccccc2)CCC1. The van der Waals surface area contributed by atoms with Gasteiger partial charge < -0.3 is 0 Å². The average Bonchev–Trinajstić information content (AvgIpc) is 2.82. The molecule has 2 nitrogen and oxygen atoms in total. The Morgan fingerprint density at radius 2 is 1.72 bits per heavy atom. The van der Waals surface area contributed by atoms with Gasteiger partial charge in [0, 0.05) is 18.6 Å². The fraction of sp³-hybridized carbons (Fsp3) is 0.375. The minimum absolute atomic E-state index is 0.0682. The third kappa shape index (κ3) is 1.82. The van der Waals surface area contributed by atoms with E-state index in [-0.39, 0.29) is 11.3 Å². The first-order valence-corrected chi connectivity index (χ1v) is 6.63. The molecule has 0 N–H and O–H groups in total. The lowest BCUT2D eigenvalue weighted by Crippen LogP contribution is -2.41. The lowest BCUT2D eigenvalue weighted by atomic mass is 9.64. The number of amides is 1. The minimum atomic E-state index is -0.323. The van der Waals surface area contributed by atoms with Gasteiger partial charge in [-0.15, -0.1) is 0 Å². The maximum Gasteiger partial charge on any atom is 0.256 e. The van der Waals surface area contributed by atoms with Gasteiger partial charge in [-0.2, -0.15) is 0 Å². The van der Waals surface area contributed by atoms with E-state index in [1.807, 2.05) is 18.2 Å². The van der Waals surface area contributed by atoms with Crippen LogP contribution in [0.3, 0.4) is 0 Å². The molecule has 0 aliphatic heterocycles. The third-order valence-electron chi connectivity index (χ3n) is 4.08. The Labute approximate surface area is 107 Å². The maximum atomic E-state index is 12.5. The average molecular weight is 239 g/mol. The minimum Gasteiger partial charge on any atom is -0.272 e. The molecule has 0 radical (unpaired) electrons. The molecule has 0 aromatic heterocycles. The molecule has 1 amide bonds. The van der Waals surface area contributed by atoms with E-state index in [0.29, 0.717) is 0 Å². The number of aliphatic imine (C=N–C) groups is 1. The fourth-order valence-electron chi connectivity index (χ4n) is 2.78. The number of hydrogen-bond donors (Lipinski definition) is 0. The molecule has 1 aromatic rings. The molecule has 0 spiro atoms. The molecular weight excluding hydrogens is 222 g/mol. The summed E-state index contributed by atoms with van der Waals surface area (Å²) in [5.41, 5.74) is 1.83. The summed E-state index contributed by atoms with van der Waals surface area (Å²) in [5.74, 6) is 0.0682. The van der Waals surface area contributed by atoms with Gasteiger partial charge in [0.2, 0.25) is 0 Å². The van der Waals surface area contributed by atoms with Crippen molar-refractivity contribution in [3.63, 3.8) is 0 Å². The maximum absolute atomic E-state index is 12.5. The van der Waals surface area contributed by atoms with Gasteiger partial charge >= 0.3 is 0 Å². The molecule has 18 heavy (non-hydrogen) atoms. The fourth-order valence-corrected chi connectivity index (χ4v) is 2.78. The van der Waals surface area contributed by atoms with Gasteiger partial charge in [0.25, 0.3) is 5.91 Å². The van der Waals surface area contributed by atoms with Crippen LogP contribution in [-0.4, -0.2) is 11.6 Å².